The Bertz CT molecular complexity index is 449. The van der Waals surface area contributed by atoms with Crippen molar-refractivity contribution >= 4 is 5.69 Å². The maximum atomic E-state index is 3.81. The monoisotopic (exact) mass is 258 g/mol. The van der Waals surface area contributed by atoms with Crippen molar-refractivity contribution in [3.63, 3.8) is 0 Å². The van der Waals surface area contributed by atoms with Gasteiger partial charge in [0.2, 0.25) is 0 Å². The molecule has 104 valence electrons. The quantitative estimate of drug-likeness (QED) is 0.895. The number of anilines is 1. The van der Waals surface area contributed by atoms with Crippen LogP contribution in [0.25, 0.3) is 0 Å². The minimum atomic E-state index is 0.679. The fourth-order valence-corrected chi connectivity index (χ4v) is 3.19. The number of nitrogens with zero attached hydrogens (tertiary/aromatic N) is 1. The number of aryl methyl sites for hydroxylation is 2. The van der Waals surface area contributed by atoms with Gasteiger partial charge in [0.25, 0.3) is 0 Å². The summed E-state index contributed by atoms with van der Waals surface area (Å²) in [5.74, 6) is 0.784. The normalized spacial score (nSPS) is 27.6. The topological polar surface area (TPSA) is 15.3 Å². The van der Waals surface area contributed by atoms with E-state index in [9.17, 15) is 0 Å². The fraction of sp³-hybridized carbons (Fsp3) is 0.647. The second kappa shape index (κ2) is 5.16. The van der Waals surface area contributed by atoms with Gasteiger partial charge in [-0.25, -0.2) is 0 Å². The zero-order chi connectivity index (χ0) is 13.4. The van der Waals surface area contributed by atoms with Crippen LogP contribution >= 0.6 is 0 Å². The first-order chi connectivity index (χ1) is 9.11. The number of benzene rings is 1. The molecular weight excluding hydrogens is 232 g/mol. The first kappa shape index (κ1) is 13.0. The van der Waals surface area contributed by atoms with Gasteiger partial charge in [-0.15, -0.1) is 0 Å². The first-order valence-corrected chi connectivity index (χ1v) is 7.70. The maximum absolute atomic E-state index is 3.81. The van der Waals surface area contributed by atoms with Crippen LogP contribution in [0, 0.1) is 19.8 Å². The van der Waals surface area contributed by atoms with E-state index < -0.39 is 0 Å². The van der Waals surface area contributed by atoms with Crippen LogP contribution in [0.1, 0.15) is 37.3 Å². The van der Waals surface area contributed by atoms with Crippen LogP contribution in [0.5, 0.6) is 0 Å². The van der Waals surface area contributed by atoms with Crippen LogP contribution in [0.15, 0.2) is 18.2 Å². The van der Waals surface area contributed by atoms with Crippen LogP contribution in [0.3, 0.4) is 0 Å². The third-order valence-corrected chi connectivity index (χ3v) is 4.56. The smallest absolute Gasteiger partial charge is 0.0369 e. The molecule has 1 saturated carbocycles. The Morgan fingerprint density at radius 2 is 1.84 bits per heavy atom. The van der Waals surface area contributed by atoms with E-state index in [2.05, 4.69) is 49.2 Å². The summed E-state index contributed by atoms with van der Waals surface area (Å²) in [6.45, 7) is 9.16. The number of rotatable bonds is 3. The lowest BCUT2D eigenvalue weighted by Gasteiger charge is -2.38. The van der Waals surface area contributed by atoms with Gasteiger partial charge < -0.3 is 10.2 Å². The highest BCUT2D eigenvalue weighted by atomic mass is 15.2. The van der Waals surface area contributed by atoms with Crippen molar-refractivity contribution in [2.24, 2.45) is 5.92 Å². The van der Waals surface area contributed by atoms with Crippen molar-refractivity contribution in [3.05, 3.63) is 29.3 Å². The van der Waals surface area contributed by atoms with Crippen LogP contribution in [-0.2, 0) is 0 Å². The van der Waals surface area contributed by atoms with E-state index in [1.54, 1.807) is 0 Å². The fourth-order valence-electron chi connectivity index (χ4n) is 3.19. The van der Waals surface area contributed by atoms with Crippen LogP contribution < -0.4 is 10.2 Å². The van der Waals surface area contributed by atoms with Crippen molar-refractivity contribution in [1.29, 1.82) is 0 Å². The molecule has 2 nitrogen and oxygen atoms in total. The lowest BCUT2D eigenvalue weighted by molar-refractivity contribution is 0.349. The molecule has 2 atom stereocenters. The Morgan fingerprint density at radius 1 is 1.05 bits per heavy atom. The van der Waals surface area contributed by atoms with Crippen molar-refractivity contribution < 1.29 is 0 Å². The van der Waals surface area contributed by atoms with Crippen LogP contribution in [-0.4, -0.2) is 25.2 Å². The molecule has 1 saturated heterocycles. The summed E-state index contributed by atoms with van der Waals surface area (Å²) in [5.41, 5.74) is 4.20. The molecule has 1 aliphatic carbocycles. The molecule has 2 heteroatoms. The number of piperidine rings is 1. The van der Waals surface area contributed by atoms with Gasteiger partial charge in [0.1, 0.15) is 0 Å². The summed E-state index contributed by atoms with van der Waals surface area (Å²) in [5, 5.41) is 3.81. The summed E-state index contributed by atoms with van der Waals surface area (Å²) in [6.07, 6.45) is 4.10. The van der Waals surface area contributed by atoms with E-state index in [1.165, 1.54) is 49.2 Å². The van der Waals surface area contributed by atoms with Gasteiger partial charge in [-0.1, -0.05) is 13.0 Å². The van der Waals surface area contributed by atoms with E-state index in [-0.39, 0.29) is 0 Å². The average molecular weight is 258 g/mol. The molecule has 1 aromatic carbocycles. The number of nitrogens with one attached hydrogen (secondary N) is 1. The standard InChI is InChI=1S/C17H26N2/c1-12-8-16(18-15-5-6-15)11-19(10-12)17-7-4-13(2)14(3)9-17/h4,7,9,12,15-16,18H,5-6,8,10-11H2,1-3H3. The van der Waals surface area contributed by atoms with Crippen LogP contribution in [0.2, 0.25) is 0 Å². The zero-order valence-electron chi connectivity index (χ0n) is 12.4. The third kappa shape index (κ3) is 3.11. The van der Waals surface area contributed by atoms with E-state index in [0.717, 1.165) is 12.0 Å². The Kier molecular flexibility index (Phi) is 3.53. The molecule has 3 rings (SSSR count). The lowest BCUT2D eigenvalue weighted by Crippen LogP contribution is -2.49. The SMILES string of the molecule is Cc1ccc(N2CC(C)CC(NC3CC3)C2)cc1C. The van der Waals surface area contributed by atoms with Crippen molar-refractivity contribution in [3.8, 4) is 0 Å². The van der Waals surface area contributed by atoms with Gasteiger partial charge in [0, 0.05) is 30.9 Å². The molecule has 0 spiro atoms. The molecule has 2 fully saturated rings. The Hall–Kier alpha value is -1.02. The molecule has 0 radical (unpaired) electrons. The molecule has 1 aromatic rings. The Morgan fingerprint density at radius 3 is 2.53 bits per heavy atom. The van der Waals surface area contributed by atoms with E-state index in [1.807, 2.05) is 0 Å². The van der Waals surface area contributed by atoms with E-state index in [4.69, 9.17) is 0 Å². The largest absolute Gasteiger partial charge is 0.370 e. The molecule has 0 aromatic heterocycles. The highest BCUT2D eigenvalue weighted by molar-refractivity contribution is 5.51. The average Bonchev–Trinajstić information content (AvgIpc) is 3.16. The predicted molar refractivity (Wildman–Crippen MR) is 81.9 cm³/mol. The summed E-state index contributed by atoms with van der Waals surface area (Å²) < 4.78 is 0. The molecular formula is C17H26N2. The molecule has 1 N–H and O–H groups in total. The molecule has 1 aliphatic heterocycles. The first-order valence-electron chi connectivity index (χ1n) is 7.70. The highest BCUT2D eigenvalue weighted by Crippen LogP contribution is 2.27. The second-order valence-electron chi connectivity index (χ2n) is 6.65. The zero-order valence-corrected chi connectivity index (χ0v) is 12.4. The molecule has 2 unspecified atom stereocenters. The van der Waals surface area contributed by atoms with Gasteiger partial charge in [0.05, 0.1) is 0 Å². The molecule has 19 heavy (non-hydrogen) atoms. The lowest BCUT2D eigenvalue weighted by atomic mass is 9.95. The predicted octanol–water partition coefficient (Wildman–Crippen LogP) is 3.27. The third-order valence-electron chi connectivity index (χ3n) is 4.56. The van der Waals surface area contributed by atoms with Gasteiger partial charge in [-0.2, -0.15) is 0 Å². The second-order valence-corrected chi connectivity index (χ2v) is 6.65. The Labute approximate surface area is 117 Å². The van der Waals surface area contributed by atoms with Crippen LogP contribution in [0.4, 0.5) is 5.69 Å². The van der Waals surface area contributed by atoms with Gasteiger partial charge in [-0.05, 0) is 62.3 Å². The summed E-state index contributed by atoms with van der Waals surface area (Å²) in [6, 6.07) is 8.39. The van der Waals surface area contributed by atoms with Gasteiger partial charge in [-0.3, -0.25) is 0 Å². The molecule has 1 heterocycles. The molecule has 0 amide bonds. The van der Waals surface area contributed by atoms with Crippen molar-refractivity contribution in [2.75, 3.05) is 18.0 Å². The maximum Gasteiger partial charge on any atom is 0.0369 e. The summed E-state index contributed by atoms with van der Waals surface area (Å²) in [7, 11) is 0. The van der Waals surface area contributed by atoms with E-state index >= 15 is 0 Å². The van der Waals surface area contributed by atoms with E-state index in [0.29, 0.717) is 6.04 Å². The van der Waals surface area contributed by atoms with Gasteiger partial charge in [0.15, 0.2) is 0 Å². The van der Waals surface area contributed by atoms with Crippen molar-refractivity contribution in [2.45, 2.75) is 52.1 Å². The minimum Gasteiger partial charge on any atom is -0.370 e. The summed E-state index contributed by atoms with van der Waals surface area (Å²) in [4.78, 5) is 2.57. The summed E-state index contributed by atoms with van der Waals surface area (Å²) >= 11 is 0. The van der Waals surface area contributed by atoms with Gasteiger partial charge >= 0.3 is 0 Å². The molecule has 2 aliphatic rings. The number of hydrogen-bond acceptors (Lipinski definition) is 2. The number of hydrogen-bond donors (Lipinski definition) is 1. The molecule has 0 bridgehead atoms. The van der Waals surface area contributed by atoms with Crippen molar-refractivity contribution in [1.82, 2.24) is 5.32 Å². The highest BCUT2D eigenvalue weighted by Gasteiger charge is 2.30. The Balaban J connectivity index is 1.72. The minimum absolute atomic E-state index is 0.679.